The first-order valence-electron chi connectivity index (χ1n) is 20.8. The van der Waals surface area contributed by atoms with E-state index >= 15 is 0 Å². The van der Waals surface area contributed by atoms with Crippen molar-refractivity contribution < 1.29 is 24.6 Å². The molecule has 0 heterocycles. The van der Waals surface area contributed by atoms with Crippen molar-refractivity contribution in [2.45, 2.75) is 238 Å². The SMILES string of the molecule is CCCCCCCCCCCCCCCC(=O)C(C)(O)N(C(=O)[C@@H](N)CCCN)C(C)(O)C(=O)CCCCCCCCCCCCCCC.Cl. The zero-order chi connectivity index (χ0) is 36.8. The van der Waals surface area contributed by atoms with Gasteiger partial charge in [0.15, 0.2) is 23.0 Å². The zero-order valence-electron chi connectivity index (χ0n) is 33.1. The summed E-state index contributed by atoms with van der Waals surface area (Å²) in [6, 6.07) is -1.10. The van der Waals surface area contributed by atoms with Gasteiger partial charge in [0.2, 0.25) is 5.91 Å². The summed E-state index contributed by atoms with van der Waals surface area (Å²) < 4.78 is 0. The topological polar surface area (TPSA) is 147 Å². The average Bonchev–Trinajstić information content (AvgIpc) is 3.07. The summed E-state index contributed by atoms with van der Waals surface area (Å²) in [4.78, 5) is 41.0. The summed E-state index contributed by atoms with van der Waals surface area (Å²) in [5.41, 5.74) is 7.03. The van der Waals surface area contributed by atoms with Crippen molar-refractivity contribution in [2.75, 3.05) is 6.54 Å². The predicted molar refractivity (Wildman–Crippen MR) is 212 cm³/mol. The van der Waals surface area contributed by atoms with Crippen LogP contribution in [-0.2, 0) is 14.4 Å². The lowest BCUT2D eigenvalue weighted by Gasteiger charge is -2.45. The molecule has 0 aliphatic heterocycles. The zero-order valence-corrected chi connectivity index (χ0v) is 33.9. The van der Waals surface area contributed by atoms with Crippen molar-refractivity contribution in [2.24, 2.45) is 11.5 Å². The Balaban J connectivity index is 0. The highest BCUT2D eigenvalue weighted by molar-refractivity contribution is 5.97. The maximum atomic E-state index is 13.6. The van der Waals surface area contributed by atoms with Crippen LogP contribution >= 0.6 is 12.4 Å². The lowest BCUT2D eigenvalue weighted by molar-refractivity contribution is -0.216. The molecule has 1 amide bonds. The molecule has 0 saturated carbocycles. The number of rotatable bonds is 36. The number of carbonyl (C=O) groups is 3. The van der Waals surface area contributed by atoms with Gasteiger partial charge < -0.3 is 21.7 Å². The van der Waals surface area contributed by atoms with Gasteiger partial charge in [0.1, 0.15) is 0 Å². The van der Waals surface area contributed by atoms with E-state index in [0.29, 0.717) is 30.7 Å². The van der Waals surface area contributed by atoms with Gasteiger partial charge in [-0.2, -0.15) is 0 Å². The van der Waals surface area contributed by atoms with E-state index in [-0.39, 0.29) is 31.7 Å². The van der Waals surface area contributed by atoms with Crippen molar-refractivity contribution in [3.63, 3.8) is 0 Å². The molecule has 50 heavy (non-hydrogen) atoms. The number of aliphatic hydroxyl groups is 2. The van der Waals surface area contributed by atoms with Crippen LogP contribution in [0.1, 0.15) is 220 Å². The number of nitrogens with zero attached hydrogens (tertiary/aromatic N) is 1. The Labute approximate surface area is 314 Å². The van der Waals surface area contributed by atoms with Gasteiger partial charge in [-0.1, -0.05) is 168 Å². The molecule has 298 valence electrons. The summed E-state index contributed by atoms with van der Waals surface area (Å²) in [7, 11) is 0. The highest BCUT2D eigenvalue weighted by Gasteiger charge is 2.52. The fraction of sp³-hybridized carbons (Fsp3) is 0.927. The second-order valence-electron chi connectivity index (χ2n) is 15.1. The number of amides is 1. The van der Waals surface area contributed by atoms with E-state index in [9.17, 15) is 24.6 Å². The molecule has 0 aromatic rings. The third-order valence-corrected chi connectivity index (χ3v) is 10.2. The molecule has 8 nitrogen and oxygen atoms in total. The van der Waals surface area contributed by atoms with Crippen molar-refractivity contribution in [3.05, 3.63) is 0 Å². The van der Waals surface area contributed by atoms with Gasteiger partial charge in [0.25, 0.3) is 0 Å². The molecule has 0 aromatic heterocycles. The van der Waals surface area contributed by atoms with Crippen molar-refractivity contribution in [1.82, 2.24) is 4.90 Å². The molecule has 9 heteroatoms. The molecule has 0 fully saturated rings. The Morgan fingerprint density at radius 2 is 0.780 bits per heavy atom. The number of carbonyl (C=O) groups excluding carboxylic acids is 3. The molecular formula is C41H82ClN3O5. The summed E-state index contributed by atoms with van der Waals surface area (Å²) in [6.45, 7) is 7.22. The first kappa shape index (κ1) is 51.0. The summed E-state index contributed by atoms with van der Waals surface area (Å²) in [5, 5.41) is 23.0. The normalized spacial score (nSPS) is 14.4. The number of halogens is 1. The van der Waals surface area contributed by atoms with Gasteiger partial charge in [-0.15, -0.1) is 12.4 Å². The Morgan fingerprint density at radius 3 is 1.04 bits per heavy atom. The van der Waals surface area contributed by atoms with E-state index in [1.54, 1.807) is 0 Å². The number of hydrogen-bond donors (Lipinski definition) is 4. The molecule has 0 bridgehead atoms. The largest absolute Gasteiger partial charge is 0.365 e. The Hall–Kier alpha value is -1.06. The van der Waals surface area contributed by atoms with Gasteiger partial charge in [0, 0.05) is 12.8 Å². The lowest BCUT2D eigenvalue weighted by atomic mass is 9.93. The van der Waals surface area contributed by atoms with E-state index in [1.165, 1.54) is 129 Å². The van der Waals surface area contributed by atoms with Gasteiger partial charge in [-0.05, 0) is 46.1 Å². The third kappa shape index (κ3) is 23.5. The standard InChI is InChI=1S/C41H81N3O5.ClH/c1-5-7-9-11-13-15-17-19-21-23-25-27-29-33-37(45)40(3,48)44(39(47)36(43)32-31-35-42)41(4,49)38(46)34-30-28-26-24-22-20-18-16-14-12-10-8-6-2;/h36,48-49H,5-35,42-43H2,1-4H3;1H/t36-,40?,41?;/m0./s1. The van der Waals surface area contributed by atoms with Crippen LogP contribution in [-0.4, -0.2) is 56.6 Å². The van der Waals surface area contributed by atoms with Crippen LogP contribution in [0.4, 0.5) is 0 Å². The van der Waals surface area contributed by atoms with Crippen LogP contribution in [0.5, 0.6) is 0 Å². The molecule has 2 unspecified atom stereocenters. The number of unbranched alkanes of at least 4 members (excludes halogenated alkanes) is 24. The number of Topliss-reactive ketones (excluding diaryl/α,β-unsaturated/α-hetero) is 2. The van der Waals surface area contributed by atoms with Gasteiger partial charge in [0.05, 0.1) is 6.04 Å². The van der Waals surface area contributed by atoms with Gasteiger partial charge in [-0.3, -0.25) is 19.3 Å². The monoisotopic (exact) mass is 732 g/mol. The first-order chi connectivity index (χ1) is 23.5. The smallest absolute Gasteiger partial charge is 0.244 e. The van der Waals surface area contributed by atoms with Crippen molar-refractivity contribution in [1.29, 1.82) is 0 Å². The molecule has 3 atom stereocenters. The molecule has 0 spiro atoms. The minimum absolute atomic E-state index is 0. The fourth-order valence-electron chi connectivity index (χ4n) is 6.81. The molecular weight excluding hydrogens is 650 g/mol. The van der Waals surface area contributed by atoms with Crippen LogP contribution in [0, 0.1) is 0 Å². The minimum Gasteiger partial charge on any atom is -0.365 e. The second-order valence-corrected chi connectivity index (χ2v) is 15.1. The first-order valence-corrected chi connectivity index (χ1v) is 20.8. The Kier molecular flexibility index (Phi) is 33.3. The highest BCUT2D eigenvalue weighted by Crippen LogP contribution is 2.29. The molecule has 0 aromatic carbocycles. The average molecular weight is 733 g/mol. The summed E-state index contributed by atoms with van der Waals surface area (Å²) in [5.74, 6) is -2.01. The molecule has 6 N–H and O–H groups in total. The van der Waals surface area contributed by atoms with Crippen LogP contribution in [0.3, 0.4) is 0 Å². The Morgan fingerprint density at radius 1 is 0.520 bits per heavy atom. The van der Waals surface area contributed by atoms with Crippen LogP contribution in [0.2, 0.25) is 0 Å². The number of ketones is 2. The van der Waals surface area contributed by atoms with Gasteiger partial charge >= 0.3 is 0 Å². The highest BCUT2D eigenvalue weighted by atomic mass is 35.5. The van der Waals surface area contributed by atoms with Crippen LogP contribution < -0.4 is 11.5 Å². The molecule has 0 rings (SSSR count). The lowest BCUT2D eigenvalue weighted by Crippen LogP contribution is -2.69. The van der Waals surface area contributed by atoms with E-state index in [1.807, 2.05) is 0 Å². The Bertz CT molecular complexity index is 785. The molecule has 0 radical (unpaired) electrons. The molecule has 0 aliphatic rings. The van der Waals surface area contributed by atoms with Crippen molar-refractivity contribution in [3.8, 4) is 0 Å². The number of nitrogens with two attached hydrogens (primary N) is 2. The van der Waals surface area contributed by atoms with E-state index < -0.39 is 35.0 Å². The maximum absolute atomic E-state index is 13.6. The predicted octanol–water partition coefficient (Wildman–Crippen LogP) is 9.82. The van der Waals surface area contributed by atoms with E-state index in [4.69, 9.17) is 11.5 Å². The van der Waals surface area contributed by atoms with Gasteiger partial charge in [-0.25, -0.2) is 0 Å². The van der Waals surface area contributed by atoms with E-state index in [0.717, 1.165) is 38.5 Å². The van der Waals surface area contributed by atoms with E-state index in [2.05, 4.69) is 13.8 Å². The number of hydrogen-bond acceptors (Lipinski definition) is 7. The third-order valence-electron chi connectivity index (χ3n) is 10.2. The maximum Gasteiger partial charge on any atom is 0.244 e. The summed E-state index contributed by atoms with van der Waals surface area (Å²) >= 11 is 0. The quantitative estimate of drug-likeness (QED) is 0.0370. The fourth-order valence-corrected chi connectivity index (χ4v) is 6.81. The summed E-state index contributed by atoms with van der Waals surface area (Å²) in [6.07, 6.45) is 31.2. The van der Waals surface area contributed by atoms with Crippen LogP contribution in [0.25, 0.3) is 0 Å². The molecule has 0 aliphatic carbocycles. The van der Waals surface area contributed by atoms with Crippen LogP contribution in [0.15, 0.2) is 0 Å². The molecule has 0 saturated heterocycles. The second kappa shape index (κ2) is 32.6. The van der Waals surface area contributed by atoms with Crippen molar-refractivity contribution >= 4 is 29.9 Å². The minimum atomic E-state index is -2.37.